The van der Waals surface area contributed by atoms with Crippen molar-refractivity contribution in [3.63, 3.8) is 0 Å². The van der Waals surface area contributed by atoms with Crippen molar-refractivity contribution in [2.45, 2.75) is 19.4 Å². The van der Waals surface area contributed by atoms with Crippen molar-refractivity contribution >= 4 is 29.5 Å². The van der Waals surface area contributed by atoms with E-state index in [1.54, 1.807) is 11.8 Å². The third-order valence-corrected chi connectivity index (χ3v) is 3.95. The average Bonchev–Trinajstić information content (AvgIpc) is 2.55. The maximum atomic E-state index is 11.5. The second-order valence-electron chi connectivity index (χ2n) is 3.26. The quantitative estimate of drug-likeness (QED) is 0.677. The second-order valence-corrected chi connectivity index (χ2v) is 5.32. The number of hydrogen-bond acceptors (Lipinski definition) is 4. The van der Waals surface area contributed by atoms with E-state index in [1.165, 1.54) is 0 Å². The minimum atomic E-state index is 0.00606. The maximum absolute atomic E-state index is 11.5. The summed E-state index contributed by atoms with van der Waals surface area (Å²) in [6, 6.07) is 0. The van der Waals surface area contributed by atoms with E-state index in [4.69, 9.17) is 4.74 Å². The summed E-state index contributed by atoms with van der Waals surface area (Å²) < 4.78 is 5.30. The van der Waals surface area contributed by atoms with E-state index in [2.05, 4.69) is 0 Å². The highest BCUT2D eigenvalue weighted by Crippen LogP contribution is 2.24. The van der Waals surface area contributed by atoms with Crippen LogP contribution in [0.15, 0.2) is 0 Å². The van der Waals surface area contributed by atoms with Crippen molar-refractivity contribution in [3.8, 4) is 0 Å². The number of carbonyl (C=O) groups is 1. The minimum absolute atomic E-state index is 0.00606. The number of hydrogen-bond donors (Lipinski definition) is 0. The molecule has 1 heterocycles. The van der Waals surface area contributed by atoms with Gasteiger partial charge in [0.2, 0.25) is 0 Å². The number of ether oxygens (including phenoxy) is 1. The predicted octanol–water partition coefficient (Wildman–Crippen LogP) is 2.03. The largest absolute Gasteiger partial charge is 0.462 e. The molecule has 0 aromatic rings. The SMILES string of the molecule is CSCC(C)OC(=O)C1CCSC1. The van der Waals surface area contributed by atoms with Crippen LogP contribution in [0, 0.1) is 5.92 Å². The Hall–Kier alpha value is 0.170. The lowest BCUT2D eigenvalue weighted by atomic mass is 10.1. The van der Waals surface area contributed by atoms with Gasteiger partial charge in [0, 0.05) is 11.5 Å². The van der Waals surface area contributed by atoms with Crippen LogP contribution in [-0.2, 0) is 9.53 Å². The highest BCUT2D eigenvalue weighted by molar-refractivity contribution is 7.99. The Kier molecular flexibility index (Phi) is 5.02. The molecule has 2 unspecified atom stereocenters. The molecule has 0 aromatic heterocycles. The van der Waals surface area contributed by atoms with E-state index < -0.39 is 0 Å². The molecule has 1 fully saturated rings. The Morgan fingerprint density at radius 2 is 2.54 bits per heavy atom. The molecular weight excluding hydrogens is 204 g/mol. The lowest BCUT2D eigenvalue weighted by molar-refractivity contribution is -0.151. The fourth-order valence-corrected chi connectivity index (χ4v) is 3.03. The topological polar surface area (TPSA) is 26.3 Å². The van der Waals surface area contributed by atoms with Crippen molar-refractivity contribution in [1.82, 2.24) is 0 Å². The van der Waals surface area contributed by atoms with Crippen LogP contribution >= 0.6 is 23.5 Å². The van der Waals surface area contributed by atoms with Crippen LogP contribution in [0.3, 0.4) is 0 Å². The van der Waals surface area contributed by atoms with Crippen molar-refractivity contribution < 1.29 is 9.53 Å². The summed E-state index contributed by atoms with van der Waals surface area (Å²) in [6.45, 7) is 1.95. The molecule has 76 valence electrons. The highest BCUT2D eigenvalue weighted by atomic mass is 32.2. The van der Waals surface area contributed by atoms with E-state index in [0.29, 0.717) is 0 Å². The molecular formula is C9H16O2S2. The van der Waals surface area contributed by atoms with E-state index in [1.807, 2.05) is 24.9 Å². The molecule has 1 aliphatic rings. The second kappa shape index (κ2) is 5.81. The molecule has 0 amide bonds. The molecule has 13 heavy (non-hydrogen) atoms. The van der Waals surface area contributed by atoms with Gasteiger partial charge in [0.15, 0.2) is 0 Å². The zero-order valence-electron chi connectivity index (χ0n) is 8.12. The van der Waals surface area contributed by atoms with Gasteiger partial charge in [-0.05, 0) is 25.4 Å². The fourth-order valence-electron chi connectivity index (χ4n) is 1.28. The molecule has 1 saturated heterocycles. The summed E-state index contributed by atoms with van der Waals surface area (Å²) in [4.78, 5) is 11.5. The Morgan fingerprint density at radius 1 is 1.77 bits per heavy atom. The predicted molar refractivity (Wildman–Crippen MR) is 59.4 cm³/mol. The zero-order valence-corrected chi connectivity index (χ0v) is 9.75. The van der Waals surface area contributed by atoms with E-state index in [-0.39, 0.29) is 18.0 Å². The molecule has 1 aliphatic heterocycles. The summed E-state index contributed by atoms with van der Waals surface area (Å²) in [5.41, 5.74) is 0. The molecule has 0 saturated carbocycles. The standard InChI is InChI=1S/C9H16O2S2/c1-7(5-12-2)11-9(10)8-3-4-13-6-8/h7-8H,3-6H2,1-2H3. The molecule has 0 aliphatic carbocycles. The molecule has 0 N–H and O–H groups in total. The Balaban J connectivity index is 2.23. The third kappa shape index (κ3) is 3.81. The van der Waals surface area contributed by atoms with E-state index in [0.717, 1.165) is 23.7 Å². The lowest BCUT2D eigenvalue weighted by Gasteiger charge is -2.14. The van der Waals surface area contributed by atoms with Gasteiger partial charge in [-0.25, -0.2) is 0 Å². The first-order valence-electron chi connectivity index (χ1n) is 4.51. The molecule has 4 heteroatoms. The molecule has 0 radical (unpaired) electrons. The summed E-state index contributed by atoms with van der Waals surface area (Å²) in [6.07, 6.45) is 3.08. The summed E-state index contributed by atoms with van der Waals surface area (Å²) in [5.74, 6) is 3.12. The highest BCUT2D eigenvalue weighted by Gasteiger charge is 2.25. The first kappa shape index (κ1) is 11.2. The number of carbonyl (C=O) groups excluding carboxylic acids is 1. The number of thioether (sulfide) groups is 2. The number of esters is 1. The molecule has 1 rings (SSSR count). The van der Waals surface area contributed by atoms with Crippen LogP contribution in [0.4, 0.5) is 0 Å². The van der Waals surface area contributed by atoms with Crippen LogP contribution in [0.5, 0.6) is 0 Å². The third-order valence-electron chi connectivity index (χ3n) is 1.98. The van der Waals surface area contributed by atoms with Gasteiger partial charge < -0.3 is 4.74 Å². The van der Waals surface area contributed by atoms with E-state index in [9.17, 15) is 4.79 Å². The van der Waals surface area contributed by atoms with E-state index >= 15 is 0 Å². The normalized spacial score (nSPS) is 24.3. The van der Waals surface area contributed by atoms with Gasteiger partial charge in [-0.1, -0.05) is 0 Å². The molecule has 2 nitrogen and oxygen atoms in total. The van der Waals surface area contributed by atoms with Crippen LogP contribution in [0.2, 0.25) is 0 Å². The lowest BCUT2D eigenvalue weighted by Crippen LogP contribution is -2.23. The van der Waals surface area contributed by atoms with Crippen LogP contribution in [0.1, 0.15) is 13.3 Å². The summed E-state index contributed by atoms with van der Waals surface area (Å²) >= 11 is 3.56. The Bertz CT molecular complexity index is 167. The van der Waals surface area contributed by atoms with Crippen LogP contribution in [0.25, 0.3) is 0 Å². The van der Waals surface area contributed by atoms with Crippen LogP contribution < -0.4 is 0 Å². The van der Waals surface area contributed by atoms with Gasteiger partial charge in [-0.15, -0.1) is 0 Å². The average molecular weight is 220 g/mol. The summed E-state index contributed by atoms with van der Waals surface area (Å²) in [5, 5.41) is 0. The van der Waals surface area contributed by atoms with Gasteiger partial charge in [0.1, 0.15) is 6.10 Å². The first-order chi connectivity index (χ1) is 6.24. The van der Waals surface area contributed by atoms with Crippen molar-refractivity contribution in [1.29, 1.82) is 0 Å². The van der Waals surface area contributed by atoms with Gasteiger partial charge in [0.25, 0.3) is 0 Å². The zero-order chi connectivity index (χ0) is 9.68. The number of rotatable bonds is 4. The molecule has 2 atom stereocenters. The Morgan fingerprint density at radius 3 is 3.08 bits per heavy atom. The van der Waals surface area contributed by atoms with Gasteiger partial charge >= 0.3 is 5.97 Å². The first-order valence-corrected chi connectivity index (χ1v) is 7.06. The van der Waals surface area contributed by atoms with Crippen LogP contribution in [-0.4, -0.2) is 35.6 Å². The molecule has 0 aromatic carbocycles. The van der Waals surface area contributed by atoms with Crippen molar-refractivity contribution in [2.24, 2.45) is 5.92 Å². The Labute approximate surface area is 88.2 Å². The fraction of sp³-hybridized carbons (Fsp3) is 0.889. The summed E-state index contributed by atoms with van der Waals surface area (Å²) in [7, 11) is 0. The van der Waals surface area contributed by atoms with Gasteiger partial charge in [0.05, 0.1) is 5.92 Å². The minimum Gasteiger partial charge on any atom is -0.462 e. The molecule has 0 spiro atoms. The molecule has 0 bridgehead atoms. The maximum Gasteiger partial charge on any atom is 0.310 e. The van der Waals surface area contributed by atoms with Gasteiger partial charge in [-0.2, -0.15) is 23.5 Å². The van der Waals surface area contributed by atoms with Gasteiger partial charge in [-0.3, -0.25) is 4.79 Å². The van der Waals surface area contributed by atoms with Crippen molar-refractivity contribution in [3.05, 3.63) is 0 Å². The monoisotopic (exact) mass is 220 g/mol. The smallest absolute Gasteiger partial charge is 0.310 e. The van der Waals surface area contributed by atoms with Crippen molar-refractivity contribution in [2.75, 3.05) is 23.5 Å².